The maximum Gasteiger partial charge on any atom is 0.418 e. The van der Waals surface area contributed by atoms with Crippen LogP contribution in [0.15, 0.2) is 12.1 Å². The highest BCUT2D eigenvalue weighted by Crippen LogP contribution is 2.40. The fourth-order valence-corrected chi connectivity index (χ4v) is 2.58. The van der Waals surface area contributed by atoms with Gasteiger partial charge in [0.25, 0.3) is 0 Å². The molecule has 1 N–H and O–H groups in total. The van der Waals surface area contributed by atoms with Crippen molar-refractivity contribution in [1.29, 1.82) is 5.26 Å². The molecule has 25 heavy (non-hydrogen) atoms. The van der Waals surface area contributed by atoms with E-state index >= 15 is 0 Å². The van der Waals surface area contributed by atoms with Gasteiger partial charge in [-0.15, -0.1) is 0 Å². The average molecular weight is 368 g/mol. The molecule has 1 saturated heterocycles. The number of cyclic esters (lactones) is 1. The van der Waals surface area contributed by atoms with Crippen molar-refractivity contribution < 1.29 is 41.0 Å². The molecule has 1 heterocycles. The zero-order valence-corrected chi connectivity index (χ0v) is 12.4. The molecule has 2 unspecified atom stereocenters. The standard InChI is InChI=1S/C14H10F6N2O3/c1-6-8(3-2-7(4-21)10(6)13(15,16)17)22-9(5-25-12(22)24)11(23)14(18,19)20/h2-3,9,11,23H,5H2,1H3. The topological polar surface area (TPSA) is 73.6 Å². The molecule has 2 atom stereocenters. The zero-order valence-electron chi connectivity index (χ0n) is 12.4. The van der Waals surface area contributed by atoms with Gasteiger partial charge in [-0.3, -0.25) is 4.90 Å². The first-order valence-electron chi connectivity index (χ1n) is 6.71. The lowest BCUT2D eigenvalue weighted by molar-refractivity contribution is -0.209. The van der Waals surface area contributed by atoms with Crippen molar-refractivity contribution in [2.24, 2.45) is 0 Å². The number of aliphatic hydroxyl groups is 1. The number of aliphatic hydroxyl groups excluding tert-OH is 1. The highest BCUT2D eigenvalue weighted by atomic mass is 19.4. The average Bonchev–Trinajstić information content (AvgIpc) is 2.85. The Bertz CT molecular complexity index is 738. The molecule has 0 aromatic heterocycles. The van der Waals surface area contributed by atoms with Gasteiger partial charge in [0.1, 0.15) is 12.6 Å². The molecule has 0 bridgehead atoms. The smallest absolute Gasteiger partial charge is 0.418 e. The molecule has 1 aromatic rings. The molecule has 11 heteroatoms. The van der Waals surface area contributed by atoms with E-state index in [1.54, 1.807) is 0 Å². The number of anilines is 1. The molecule has 0 radical (unpaired) electrons. The first-order chi connectivity index (χ1) is 11.4. The lowest BCUT2D eigenvalue weighted by Gasteiger charge is -2.29. The minimum Gasteiger partial charge on any atom is -0.447 e. The monoisotopic (exact) mass is 368 g/mol. The molecule has 136 valence electrons. The van der Waals surface area contributed by atoms with E-state index in [0.717, 1.165) is 19.1 Å². The molecule has 0 saturated carbocycles. The van der Waals surface area contributed by atoms with E-state index < -0.39 is 59.6 Å². The Morgan fingerprint density at radius 3 is 2.40 bits per heavy atom. The van der Waals surface area contributed by atoms with Crippen molar-refractivity contribution in [2.45, 2.75) is 31.4 Å². The van der Waals surface area contributed by atoms with Crippen molar-refractivity contribution in [1.82, 2.24) is 0 Å². The molecular formula is C14H10F6N2O3. The summed E-state index contributed by atoms with van der Waals surface area (Å²) in [5.41, 5.74) is -3.26. The molecule has 1 aromatic carbocycles. The number of alkyl halides is 6. The summed E-state index contributed by atoms with van der Waals surface area (Å²) in [7, 11) is 0. The molecule has 1 amide bonds. The summed E-state index contributed by atoms with van der Waals surface area (Å²) in [6, 6.07) is 1.05. The van der Waals surface area contributed by atoms with E-state index in [9.17, 15) is 36.2 Å². The van der Waals surface area contributed by atoms with Gasteiger partial charge >= 0.3 is 18.4 Å². The quantitative estimate of drug-likeness (QED) is 0.814. The SMILES string of the molecule is Cc1c(N2C(=O)OCC2C(O)C(F)(F)F)ccc(C#N)c1C(F)(F)F. The number of carbonyl (C=O) groups is 1. The molecule has 0 spiro atoms. The maximum atomic E-state index is 13.2. The van der Waals surface area contributed by atoms with Gasteiger partial charge in [-0.25, -0.2) is 4.79 Å². The Morgan fingerprint density at radius 1 is 1.32 bits per heavy atom. The molecule has 0 aliphatic carbocycles. The first kappa shape index (κ1) is 18.9. The van der Waals surface area contributed by atoms with Crippen LogP contribution in [0.25, 0.3) is 0 Å². The Morgan fingerprint density at radius 2 is 1.92 bits per heavy atom. The second-order valence-electron chi connectivity index (χ2n) is 5.24. The first-order valence-corrected chi connectivity index (χ1v) is 6.71. The minimum atomic E-state index is -5.11. The number of nitrogens with zero attached hydrogens (tertiary/aromatic N) is 2. The normalized spacial score (nSPS) is 19.6. The van der Waals surface area contributed by atoms with Gasteiger partial charge in [0.05, 0.1) is 22.9 Å². The van der Waals surface area contributed by atoms with E-state index in [-0.39, 0.29) is 0 Å². The summed E-state index contributed by atoms with van der Waals surface area (Å²) in [4.78, 5) is 12.1. The predicted octanol–water partition coefficient (Wildman–Crippen LogP) is 3.13. The summed E-state index contributed by atoms with van der Waals surface area (Å²) in [6.07, 6.45) is -14.4. The van der Waals surface area contributed by atoms with Crippen LogP contribution in [-0.4, -0.2) is 36.1 Å². The summed E-state index contributed by atoms with van der Waals surface area (Å²) in [6.45, 7) is 0.0714. The Hall–Kier alpha value is -2.48. The Balaban J connectivity index is 2.60. The third-order valence-electron chi connectivity index (χ3n) is 3.71. The molecule has 2 rings (SSSR count). The summed E-state index contributed by atoms with van der Waals surface area (Å²) in [5, 5.41) is 18.2. The van der Waals surface area contributed by atoms with Gasteiger partial charge < -0.3 is 9.84 Å². The number of ether oxygens (including phenoxy) is 1. The summed E-state index contributed by atoms with van der Waals surface area (Å²) < 4.78 is 82.3. The van der Waals surface area contributed by atoms with Gasteiger partial charge in [0.15, 0.2) is 6.10 Å². The molecular weight excluding hydrogens is 358 g/mol. The van der Waals surface area contributed by atoms with Crippen molar-refractivity contribution in [3.63, 3.8) is 0 Å². The van der Waals surface area contributed by atoms with Crippen molar-refractivity contribution in [2.75, 3.05) is 11.5 Å². The van der Waals surface area contributed by atoms with E-state index in [1.807, 2.05) is 0 Å². The lowest BCUT2D eigenvalue weighted by Crippen LogP contribution is -2.49. The summed E-state index contributed by atoms with van der Waals surface area (Å²) in [5.74, 6) is 0. The van der Waals surface area contributed by atoms with E-state index in [4.69, 9.17) is 5.26 Å². The predicted molar refractivity (Wildman–Crippen MR) is 70.6 cm³/mol. The van der Waals surface area contributed by atoms with Crippen LogP contribution in [0.3, 0.4) is 0 Å². The van der Waals surface area contributed by atoms with Crippen LogP contribution in [0.5, 0.6) is 0 Å². The van der Waals surface area contributed by atoms with Crippen LogP contribution >= 0.6 is 0 Å². The van der Waals surface area contributed by atoms with Crippen molar-refractivity contribution in [3.8, 4) is 6.07 Å². The molecule has 1 aliphatic heterocycles. The van der Waals surface area contributed by atoms with Crippen LogP contribution in [-0.2, 0) is 10.9 Å². The Kier molecular flexibility index (Phi) is 4.61. The third kappa shape index (κ3) is 3.34. The van der Waals surface area contributed by atoms with E-state index in [2.05, 4.69) is 4.74 Å². The van der Waals surface area contributed by atoms with E-state index in [0.29, 0.717) is 4.90 Å². The molecule has 1 aliphatic rings. The maximum absolute atomic E-state index is 13.2. The van der Waals surface area contributed by atoms with Gasteiger partial charge in [0.2, 0.25) is 0 Å². The number of hydrogen-bond acceptors (Lipinski definition) is 4. The van der Waals surface area contributed by atoms with Crippen LogP contribution in [0.2, 0.25) is 0 Å². The summed E-state index contributed by atoms with van der Waals surface area (Å²) >= 11 is 0. The largest absolute Gasteiger partial charge is 0.447 e. The van der Waals surface area contributed by atoms with Gasteiger partial charge in [-0.2, -0.15) is 31.6 Å². The number of benzene rings is 1. The van der Waals surface area contributed by atoms with Crippen molar-refractivity contribution >= 4 is 11.8 Å². The number of nitriles is 1. The number of halogens is 6. The number of carbonyl (C=O) groups excluding carboxylic acids is 1. The number of hydrogen-bond donors (Lipinski definition) is 1. The molecule has 5 nitrogen and oxygen atoms in total. The third-order valence-corrected chi connectivity index (χ3v) is 3.71. The second-order valence-corrected chi connectivity index (χ2v) is 5.24. The second kappa shape index (κ2) is 6.11. The fourth-order valence-electron chi connectivity index (χ4n) is 2.58. The highest BCUT2D eigenvalue weighted by Gasteiger charge is 2.51. The fraction of sp³-hybridized carbons (Fsp3) is 0.429. The van der Waals surface area contributed by atoms with Crippen LogP contribution in [0, 0.1) is 18.3 Å². The van der Waals surface area contributed by atoms with Crippen LogP contribution in [0.1, 0.15) is 16.7 Å². The zero-order chi connectivity index (χ0) is 19.2. The van der Waals surface area contributed by atoms with Crippen molar-refractivity contribution in [3.05, 3.63) is 28.8 Å². The Labute approximate surface area is 137 Å². The molecule has 1 fully saturated rings. The van der Waals surface area contributed by atoms with Gasteiger partial charge in [0, 0.05) is 0 Å². The van der Waals surface area contributed by atoms with Crippen LogP contribution in [0.4, 0.5) is 36.8 Å². The van der Waals surface area contributed by atoms with E-state index in [1.165, 1.54) is 6.07 Å². The highest BCUT2D eigenvalue weighted by molar-refractivity contribution is 5.92. The lowest BCUT2D eigenvalue weighted by atomic mass is 9.98. The number of rotatable bonds is 2. The minimum absolute atomic E-state index is 0.323. The van der Waals surface area contributed by atoms with Crippen LogP contribution < -0.4 is 4.90 Å². The number of amides is 1. The van der Waals surface area contributed by atoms with Gasteiger partial charge in [-0.05, 0) is 24.6 Å². The van der Waals surface area contributed by atoms with Gasteiger partial charge in [-0.1, -0.05) is 0 Å².